The fourth-order valence-electron chi connectivity index (χ4n) is 0.216. The van der Waals surface area contributed by atoms with Crippen LogP contribution in [0.1, 0.15) is 0 Å². The van der Waals surface area contributed by atoms with Gasteiger partial charge in [-0.25, -0.2) is 4.39 Å². The first-order valence-electron chi connectivity index (χ1n) is 1.95. The van der Waals surface area contributed by atoms with Gasteiger partial charge in [-0.2, -0.15) is 13.2 Å². The van der Waals surface area contributed by atoms with Crippen LogP contribution in [0, 0.1) is 0 Å². The predicted octanol–water partition coefficient (Wildman–Crippen LogP) is 2.84. The molecule has 0 radical (unpaired) electrons. The number of alkyl halides is 4. The Morgan fingerprint density at radius 2 is 1.89 bits per heavy atom. The highest BCUT2D eigenvalue weighted by Crippen LogP contribution is 2.19. The van der Waals surface area contributed by atoms with E-state index in [1.165, 1.54) is 22.6 Å². The molecular weight excluding hydrogens is 251 g/mol. The van der Waals surface area contributed by atoms with Gasteiger partial charge >= 0.3 is 6.18 Å². The highest BCUT2D eigenvalue weighted by Gasteiger charge is 2.24. The van der Waals surface area contributed by atoms with Gasteiger partial charge in [0.1, 0.15) is 5.83 Å². The first kappa shape index (κ1) is 9.19. The molecule has 0 aromatic rings. The molecule has 0 aromatic carbocycles. The second-order valence-corrected chi connectivity index (χ2v) is 2.03. The van der Waals surface area contributed by atoms with E-state index in [-0.39, 0.29) is 10.5 Å². The molecule has 54 valence electrons. The molecule has 0 aromatic heterocycles. The van der Waals surface area contributed by atoms with Gasteiger partial charge < -0.3 is 0 Å². The highest BCUT2D eigenvalue weighted by atomic mass is 127. The molecule has 0 unspecified atom stereocenters. The molecule has 0 aliphatic carbocycles. The Kier molecular flexibility index (Phi) is 3.45. The quantitative estimate of drug-likeness (QED) is 0.383. The van der Waals surface area contributed by atoms with Crippen LogP contribution >= 0.6 is 22.6 Å². The van der Waals surface area contributed by atoms with E-state index < -0.39 is 12.0 Å². The molecule has 0 aliphatic rings. The van der Waals surface area contributed by atoms with Gasteiger partial charge in [0.15, 0.2) is 0 Å². The molecule has 0 atom stereocenters. The SMILES string of the molecule is FC(=CC(F)(F)F)CI. The number of rotatable bonds is 1. The first-order valence-corrected chi connectivity index (χ1v) is 3.48. The second-order valence-electron chi connectivity index (χ2n) is 1.27. The zero-order chi connectivity index (χ0) is 7.49. The summed E-state index contributed by atoms with van der Waals surface area (Å²) in [6, 6.07) is 0. The largest absolute Gasteiger partial charge is 0.412 e. The summed E-state index contributed by atoms with van der Waals surface area (Å²) in [6.45, 7) is 0. The van der Waals surface area contributed by atoms with E-state index >= 15 is 0 Å². The van der Waals surface area contributed by atoms with E-state index in [0.717, 1.165) is 0 Å². The van der Waals surface area contributed by atoms with E-state index in [1.54, 1.807) is 0 Å². The lowest BCUT2D eigenvalue weighted by Gasteiger charge is -1.96. The lowest BCUT2D eigenvalue weighted by molar-refractivity contribution is -0.0812. The average molecular weight is 254 g/mol. The summed E-state index contributed by atoms with van der Waals surface area (Å²) in [5.41, 5.74) is 0. The predicted molar refractivity (Wildman–Crippen MR) is 34.1 cm³/mol. The Morgan fingerprint density at radius 1 is 1.44 bits per heavy atom. The van der Waals surface area contributed by atoms with Crippen molar-refractivity contribution in [1.29, 1.82) is 0 Å². The normalized spacial score (nSPS) is 14.1. The smallest absolute Gasteiger partial charge is 0.211 e. The van der Waals surface area contributed by atoms with E-state index in [1.807, 2.05) is 0 Å². The van der Waals surface area contributed by atoms with Crippen LogP contribution in [0.15, 0.2) is 11.9 Å². The molecule has 0 fully saturated rings. The van der Waals surface area contributed by atoms with Crippen LogP contribution in [-0.2, 0) is 0 Å². The van der Waals surface area contributed by atoms with Crippen LogP contribution in [0.3, 0.4) is 0 Å². The van der Waals surface area contributed by atoms with Gasteiger partial charge in [-0.15, -0.1) is 0 Å². The molecule has 0 saturated carbocycles. The monoisotopic (exact) mass is 254 g/mol. The van der Waals surface area contributed by atoms with E-state index in [4.69, 9.17) is 0 Å². The fourth-order valence-corrected chi connectivity index (χ4v) is 0.436. The summed E-state index contributed by atoms with van der Waals surface area (Å²) >= 11 is 1.51. The summed E-state index contributed by atoms with van der Waals surface area (Å²) in [7, 11) is 0. The zero-order valence-corrected chi connectivity index (χ0v) is 6.33. The third kappa shape index (κ3) is 6.07. The van der Waals surface area contributed by atoms with Crippen LogP contribution in [0.25, 0.3) is 0 Å². The lowest BCUT2D eigenvalue weighted by Crippen LogP contribution is -2.02. The standard InChI is InChI=1S/C4H3F4I/c5-3(2-9)1-4(6,7)8/h1H,2H2. The summed E-state index contributed by atoms with van der Waals surface area (Å²) in [6.07, 6.45) is -4.87. The number of hydrogen-bond acceptors (Lipinski definition) is 0. The van der Waals surface area contributed by atoms with Crippen LogP contribution < -0.4 is 0 Å². The fraction of sp³-hybridized carbons (Fsp3) is 0.500. The molecule has 0 N–H and O–H groups in total. The molecule has 0 amide bonds. The zero-order valence-electron chi connectivity index (χ0n) is 4.17. The lowest BCUT2D eigenvalue weighted by atomic mass is 10.5. The number of halogens is 5. The van der Waals surface area contributed by atoms with Crippen molar-refractivity contribution < 1.29 is 17.6 Å². The maximum atomic E-state index is 11.8. The Balaban J connectivity index is 3.95. The van der Waals surface area contributed by atoms with Crippen molar-refractivity contribution in [3.63, 3.8) is 0 Å². The van der Waals surface area contributed by atoms with Crippen LogP contribution in [0.5, 0.6) is 0 Å². The second kappa shape index (κ2) is 3.38. The molecule has 9 heavy (non-hydrogen) atoms. The molecular formula is C4H3F4I. The maximum Gasteiger partial charge on any atom is 0.412 e. The summed E-state index contributed by atoms with van der Waals surface area (Å²) in [5, 5.41) is 0. The van der Waals surface area contributed by atoms with Crippen LogP contribution in [0.4, 0.5) is 17.6 Å². The van der Waals surface area contributed by atoms with Crippen molar-refractivity contribution in [2.45, 2.75) is 6.18 Å². The van der Waals surface area contributed by atoms with E-state index in [9.17, 15) is 17.6 Å². The summed E-state index contributed by atoms with van der Waals surface area (Å²) < 4.78 is 45.0. The molecule has 0 heterocycles. The minimum absolute atomic E-state index is 0.239. The van der Waals surface area contributed by atoms with Crippen molar-refractivity contribution >= 4 is 22.6 Å². The molecule has 0 bridgehead atoms. The van der Waals surface area contributed by atoms with Crippen molar-refractivity contribution in [2.75, 3.05) is 4.43 Å². The van der Waals surface area contributed by atoms with Gasteiger partial charge in [0.05, 0.1) is 10.5 Å². The van der Waals surface area contributed by atoms with Gasteiger partial charge in [-0.1, -0.05) is 22.6 Å². The van der Waals surface area contributed by atoms with Crippen molar-refractivity contribution in [3.8, 4) is 0 Å². The number of hydrogen-bond donors (Lipinski definition) is 0. The molecule has 5 heteroatoms. The molecule has 0 rings (SSSR count). The van der Waals surface area contributed by atoms with Gasteiger partial charge in [0.25, 0.3) is 0 Å². The number of allylic oxidation sites excluding steroid dienone is 2. The topological polar surface area (TPSA) is 0 Å². The van der Waals surface area contributed by atoms with Crippen LogP contribution in [0.2, 0.25) is 0 Å². The Morgan fingerprint density at radius 3 is 2.00 bits per heavy atom. The van der Waals surface area contributed by atoms with Gasteiger partial charge in [-0.05, 0) is 0 Å². The molecule has 0 nitrogen and oxygen atoms in total. The third-order valence-corrected chi connectivity index (χ3v) is 1.18. The maximum absolute atomic E-state index is 11.8. The van der Waals surface area contributed by atoms with Gasteiger partial charge in [0, 0.05) is 0 Å². The Bertz CT molecular complexity index is 114. The van der Waals surface area contributed by atoms with Crippen LogP contribution in [-0.4, -0.2) is 10.6 Å². The van der Waals surface area contributed by atoms with Crippen molar-refractivity contribution in [2.24, 2.45) is 0 Å². The minimum atomic E-state index is -4.52. The average Bonchev–Trinajstić information content (AvgIpc) is 1.62. The molecule has 0 spiro atoms. The van der Waals surface area contributed by atoms with Crippen molar-refractivity contribution in [3.05, 3.63) is 11.9 Å². The third-order valence-electron chi connectivity index (χ3n) is 0.448. The first-order chi connectivity index (χ1) is 3.95. The van der Waals surface area contributed by atoms with Gasteiger partial charge in [-0.3, -0.25) is 0 Å². The summed E-state index contributed by atoms with van der Waals surface area (Å²) in [4.78, 5) is 0. The highest BCUT2D eigenvalue weighted by molar-refractivity contribution is 14.1. The molecule has 0 saturated heterocycles. The molecule has 0 aliphatic heterocycles. The minimum Gasteiger partial charge on any atom is -0.211 e. The van der Waals surface area contributed by atoms with Crippen molar-refractivity contribution in [1.82, 2.24) is 0 Å². The summed E-state index contributed by atoms with van der Waals surface area (Å²) in [5.74, 6) is -1.15. The Hall–Kier alpha value is 0.190. The van der Waals surface area contributed by atoms with E-state index in [2.05, 4.69) is 0 Å². The van der Waals surface area contributed by atoms with Gasteiger partial charge in [0.2, 0.25) is 0 Å². The van der Waals surface area contributed by atoms with E-state index in [0.29, 0.717) is 0 Å². The Labute approximate surface area is 63.1 Å².